The maximum absolute atomic E-state index is 5.76. The summed E-state index contributed by atoms with van der Waals surface area (Å²) in [5, 5.41) is 0. The normalized spacial score (nSPS) is 15.8. The van der Waals surface area contributed by atoms with Gasteiger partial charge in [0.15, 0.2) is 0 Å². The van der Waals surface area contributed by atoms with E-state index in [9.17, 15) is 0 Å². The zero-order valence-electron chi connectivity index (χ0n) is 8.98. The van der Waals surface area contributed by atoms with E-state index in [0.29, 0.717) is 12.7 Å². The third-order valence-corrected chi connectivity index (χ3v) is 2.61. The Kier molecular flexibility index (Phi) is 3.41. The quantitative estimate of drug-likeness (QED) is 0.702. The average Bonchev–Trinajstić information content (AvgIpc) is 2.80. The first-order valence-electron chi connectivity index (χ1n) is 5.28. The fraction of sp³-hybridized carbons (Fsp3) is 0.385. The SMILES string of the molecule is COc1ccc(COC2CC=CC2)cc1. The molecule has 0 aliphatic heterocycles. The van der Waals surface area contributed by atoms with Gasteiger partial charge in [0.05, 0.1) is 19.8 Å². The summed E-state index contributed by atoms with van der Waals surface area (Å²) in [5.41, 5.74) is 1.20. The molecular formula is C13H16O2. The predicted octanol–water partition coefficient (Wildman–Crippen LogP) is 2.93. The molecule has 0 atom stereocenters. The molecule has 2 nitrogen and oxygen atoms in total. The zero-order valence-corrected chi connectivity index (χ0v) is 8.98. The Morgan fingerprint density at radius 1 is 1.13 bits per heavy atom. The van der Waals surface area contributed by atoms with E-state index in [1.54, 1.807) is 7.11 Å². The number of benzene rings is 1. The predicted molar refractivity (Wildman–Crippen MR) is 59.9 cm³/mol. The molecule has 0 saturated heterocycles. The maximum Gasteiger partial charge on any atom is 0.118 e. The minimum Gasteiger partial charge on any atom is -0.497 e. The molecule has 0 N–H and O–H groups in total. The highest BCUT2D eigenvalue weighted by atomic mass is 16.5. The van der Waals surface area contributed by atoms with E-state index in [1.807, 2.05) is 24.3 Å². The smallest absolute Gasteiger partial charge is 0.118 e. The Labute approximate surface area is 90.5 Å². The van der Waals surface area contributed by atoms with Crippen LogP contribution >= 0.6 is 0 Å². The minimum absolute atomic E-state index is 0.382. The van der Waals surface area contributed by atoms with E-state index in [0.717, 1.165) is 18.6 Å². The first-order valence-corrected chi connectivity index (χ1v) is 5.28. The Hall–Kier alpha value is -1.28. The molecule has 0 bridgehead atoms. The van der Waals surface area contributed by atoms with Gasteiger partial charge in [-0.3, -0.25) is 0 Å². The van der Waals surface area contributed by atoms with E-state index >= 15 is 0 Å². The number of hydrogen-bond donors (Lipinski definition) is 0. The van der Waals surface area contributed by atoms with Gasteiger partial charge in [-0.15, -0.1) is 0 Å². The van der Waals surface area contributed by atoms with Crippen molar-refractivity contribution < 1.29 is 9.47 Å². The molecule has 2 heteroatoms. The van der Waals surface area contributed by atoms with Crippen LogP contribution in [0.15, 0.2) is 36.4 Å². The van der Waals surface area contributed by atoms with Crippen LogP contribution in [-0.2, 0) is 11.3 Å². The molecule has 80 valence electrons. The molecule has 0 amide bonds. The topological polar surface area (TPSA) is 18.5 Å². The molecule has 0 fully saturated rings. The Bertz CT molecular complexity index is 319. The Morgan fingerprint density at radius 3 is 2.40 bits per heavy atom. The first kappa shape index (κ1) is 10.2. The molecule has 1 aliphatic carbocycles. The van der Waals surface area contributed by atoms with Crippen molar-refractivity contribution in [2.45, 2.75) is 25.6 Å². The average molecular weight is 204 g/mol. The fourth-order valence-corrected chi connectivity index (χ4v) is 1.66. The Morgan fingerprint density at radius 2 is 1.80 bits per heavy atom. The second-order valence-electron chi connectivity index (χ2n) is 3.72. The van der Waals surface area contributed by atoms with Gasteiger partial charge in [0.2, 0.25) is 0 Å². The van der Waals surface area contributed by atoms with Crippen molar-refractivity contribution in [3.8, 4) is 5.75 Å². The second kappa shape index (κ2) is 4.99. The van der Waals surface area contributed by atoms with Gasteiger partial charge in [-0.05, 0) is 30.5 Å². The molecule has 1 aliphatic rings. The first-order chi connectivity index (χ1) is 7.38. The Balaban J connectivity index is 1.82. The van der Waals surface area contributed by atoms with Crippen LogP contribution in [0.2, 0.25) is 0 Å². The molecule has 0 saturated carbocycles. The fourth-order valence-electron chi connectivity index (χ4n) is 1.66. The van der Waals surface area contributed by atoms with Crippen LogP contribution < -0.4 is 4.74 Å². The number of rotatable bonds is 4. The molecule has 0 heterocycles. The highest BCUT2D eigenvalue weighted by molar-refractivity contribution is 5.26. The van der Waals surface area contributed by atoms with Crippen LogP contribution in [0.5, 0.6) is 5.75 Å². The molecule has 15 heavy (non-hydrogen) atoms. The van der Waals surface area contributed by atoms with Crippen LogP contribution in [0.25, 0.3) is 0 Å². The summed E-state index contributed by atoms with van der Waals surface area (Å²) in [4.78, 5) is 0. The lowest BCUT2D eigenvalue weighted by molar-refractivity contribution is 0.0495. The van der Waals surface area contributed by atoms with Crippen molar-refractivity contribution in [1.29, 1.82) is 0 Å². The highest BCUT2D eigenvalue weighted by Crippen LogP contribution is 2.17. The maximum atomic E-state index is 5.76. The molecule has 0 radical (unpaired) electrons. The lowest BCUT2D eigenvalue weighted by Gasteiger charge is -2.11. The van der Waals surface area contributed by atoms with Gasteiger partial charge in [-0.2, -0.15) is 0 Å². The van der Waals surface area contributed by atoms with Crippen molar-refractivity contribution in [3.05, 3.63) is 42.0 Å². The van der Waals surface area contributed by atoms with Gasteiger partial charge in [-0.25, -0.2) is 0 Å². The molecule has 0 aromatic heterocycles. The lowest BCUT2D eigenvalue weighted by Crippen LogP contribution is -2.07. The summed E-state index contributed by atoms with van der Waals surface area (Å²) in [6.07, 6.45) is 6.84. The van der Waals surface area contributed by atoms with E-state index < -0.39 is 0 Å². The molecule has 2 rings (SSSR count). The minimum atomic E-state index is 0.382. The van der Waals surface area contributed by atoms with Gasteiger partial charge < -0.3 is 9.47 Å². The largest absolute Gasteiger partial charge is 0.497 e. The van der Waals surface area contributed by atoms with Crippen molar-refractivity contribution in [3.63, 3.8) is 0 Å². The van der Waals surface area contributed by atoms with Crippen LogP contribution in [-0.4, -0.2) is 13.2 Å². The highest BCUT2D eigenvalue weighted by Gasteiger charge is 2.09. The number of hydrogen-bond acceptors (Lipinski definition) is 2. The van der Waals surface area contributed by atoms with E-state index in [-0.39, 0.29) is 0 Å². The standard InChI is InChI=1S/C13H16O2/c1-14-12-8-6-11(7-9-12)10-15-13-4-2-3-5-13/h2-3,6-9,13H,4-5,10H2,1H3. The van der Waals surface area contributed by atoms with Crippen LogP contribution in [0, 0.1) is 0 Å². The van der Waals surface area contributed by atoms with Crippen LogP contribution in [0.3, 0.4) is 0 Å². The molecule has 0 unspecified atom stereocenters. The second-order valence-corrected chi connectivity index (χ2v) is 3.72. The number of ether oxygens (including phenoxy) is 2. The van der Waals surface area contributed by atoms with Crippen molar-refractivity contribution in [2.75, 3.05) is 7.11 Å². The summed E-state index contributed by atoms with van der Waals surface area (Å²) in [6, 6.07) is 8.01. The molecule has 1 aromatic carbocycles. The van der Waals surface area contributed by atoms with Crippen molar-refractivity contribution in [2.24, 2.45) is 0 Å². The van der Waals surface area contributed by atoms with E-state index in [4.69, 9.17) is 9.47 Å². The molecular weight excluding hydrogens is 188 g/mol. The third kappa shape index (κ3) is 2.83. The van der Waals surface area contributed by atoms with Crippen molar-refractivity contribution >= 4 is 0 Å². The summed E-state index contributed by atoms with van der Waals surface area (Å²) in [5.74, 6) is 0.890. The molecule has 1 aromatic rings. The monoisotopic (exact) mass is 204 g/mol. The summed E-state index contributed by atoms with van der Waals surface area (Å²) in [6.45, 7) is 0.691. The number of methoxy groups -OCH3 is 1. The third-order valence-electron chi connectivity index (χ3n) is 2.61. The van der Waals surface area contributed by atoms with Gasteiger partial charge in [0.1, 0.15) is 5.75 Å². The molecule has 0 spiro atoms. The summed E-state index contributed by atoms with van der Waals surface area (Å²) < 4.78 is 10.9. The van der Waals surface area contributed by atoms with Crippen LogP contribution in [0.1, 0.15) is 18.4 Å². The summed E-state index contributed by atoms with van der Waals surface area (Å²) in [7, 11) is 1.68. The van der Waals surface area contributed by atoms with Gasteiger partial charge in [0, 0.05) is 0 Å². The van der Waals surface area contributed by atoms with Crippen LogP contribution in [0.4, 0.5) is 0 Å². The van der Waals surface area contributed by atoms with Gasteiger partial charge in [0.25, 0.3) is 0 Å². The van der Waals surface area contributed by atoms with Gasteiger partial charge in [-0.1, -0.05) is 24.3 Å². The lowest BCUT2D eigenvalue weighted by atomic mass is 10.2. The zero-order chi connectivity index (χ0) is 10.5. The van der Waals surface area contributed by atoms with Gasteiger partial charge >= 0.3 is 0 Å². The summed E-state index contributed by atoms with van der Waals surface area (Å²) >= 11 is 0. The van der Waals surface area contributed by atoms with E-state index in [2.05, 4.69) is 12.2 Å². The van der Waals surface area contributed by atoms with E-state index in [1.165, 1.54) is 5.56 Å². The van der Waals surface area contributed by atoms with Crippen molar-refractivity contribution in [1.82, 2.24) is 0 Å².